The van der Waals surface area contributed by atoms with E-state index in [-0.39, 0.29) is 23.8 Å². The molecule has 4 rings (SSSR count). The van der Waals surface area contributed by atoms with Crippen molar-refractivity contribution < 1.29 is 31.5 Å². The van der Waals surface area contributed by atoms with Gasteiger partial charge in [0.05, 0.1) is 23.2 Å². The molecule has 0 saturated carbocycles. The van der Waals surface area contributed by atoms with Crippen LogP contribution in [-0.4, -0.2) is 22.1 Å². The molecule has 0 aliphatic rings. The number of carbonyl (C=O) groups is 1. The lowest BCUT2D eigenvalue weighted by Crippen LogP contribution is -2.21. The third-order valence-corrected chi connectivity index (χ3v) is 4.92. The van der Waals surface area contributed by atoms with Gasteiger partial charge in [-0.3, -0.25) is 9.36 Å². The van der Waals surface area contributed by atoms with Gasteiger partial charge in [0.2, 0.25) is 0 Å². The molecule has 0 fully saturated rings. The first-order valence-corrected chi connectivity index (χ1v) is 10.2. The van der Waals surface area contributed by atoms with Gasteiger partial charge in [-0.25, -0.2) is 18.6 Å². The van der Waals surface area contributed by atoms with E-state index in [2.05, 4.69) is 10.3 Å². The van der Waals surface area contributed by atoms with E-state index in [1.54, 1.807) is 0 Å². The van der Waals surface area contributed by atoms with Crippen molar-refractivity contribution in [2.45, 2.75) is 13.1 Å². The summed E-state index contributed by atoms with van der Waals surface area (Å²) in [6.45, 7) is 1.34. The summed E-state index contributed by atoms with van der Waals surface area (Å²) >= 11 is 0. The first-order chi connectivity index (χ1) is 16.6. The van der Waals surface area contributed by atoms with Crippen LogP contribution < -0.4 is 10.7 Å². The summed E-state index contributed by atoms with van der Waals surface area (Å²) in [5, 5.41) is 1.93. The van der Waals surface area contributed by atoms with Gasteiger partial charge in [-0.1, -0.05) is 12.1 Å². The number of carbonyl (C=O) groups excluding carboxylic acids is 1. The van der Waals surface area contributed by atoms with Crippen LogP contribution in [-0.2, 0) is 10.9 Å². The Morgan fingerprint density at radius 1 is 1.03 bits per heavy atom. The predicted molar refractivity (Wildman–Crippen MR) is 118 cm³/mol. The SMILES string of the molecule is CCOC(=O)c1cc(C(F)(F)F)c2c(=O)cc(Nc3cccc(F)c3)n(-c3cccc(F)c3)c2n1. The van der Waals surface area contributed by atoms with E-state index in [0.717, 1.165) is 28.8 Å². The summed E-state index contributed by atoms with van der Waals surface area (Å²) in [5.74, 6) is -2.61. The normalized spacial score (nSPS) is 11.5. The van der Waals surface area contributed by atoms with Crippen LogP contribution >= 0.6 is 0 Å². The van der Waals surface area contributed by atoms with E-state index in [0.29, 0.717) is 6.07 Å². The van der Waals surface area contributed by atoms with Crippen LogP contribution in [0.4, 0.5) is 33.5 Å². The summed E-state index contributed by atoms with van der Waals surface area (Å²) in [6.07, 6.45) is -5.03. The summed E-state index contributed by atoms with van der Waals surface area (Å²) in [5.41, 5.74) is -3.58. The Kier molecular flexibility index (Phi) is 6.25. The Morgan fingerprint density at radius 3 is 2.34 bits per heavy atom. The minimum atomic E-state index is -5.03. The predicted octanol–water partition coefficient (Wildman–Crippen LogP) is 5.60. The van der Waals surface area contributed by atoms with Crippen molar-refractivity contribution in [3.05, 3.63) is 93.8 Å². The number of fused-ring (bicyclic) bond motifs is 1. The molecule has 1 N–H and O–H groups in total. The van der Waals surface area contributed by atoms with E-state index in [1.165, 1.54) is 37.3 Å². The minimum absolute atomic E-state index is 0.00413. The lowest BCUT2D eigenvalue weighted by Gasteiger charge is -2.20. The van der Waals surface area contributed by atoms with Gasteiger partial charge in [0, 0.05) is 11.8 Å². The molecule has 0 radical (unpaired) electrons. The summed E-state index contributed by atoms with van der Waals surface area (Å²) in [6, 6.07) is 11.2. The third kappa shape index (κ3) is 4.84. The zero-order valence-electron chi connectivity index (χ0n) is 18.0. The fourth-order valence-corrected chi connectivity index (χ4v) is 3.53. The van der Waals surface area contributed by atoms with Gasteiger partial charge in [-0.15, -0.1) is 0 Å². The summed E-state index contributed by atoms with van der Waals surface area (Å²) in [4.78, 5) is 29.2. The number of ether oxygens (including phenoxy) is 1. The number of aromatic nitrogens is 2. The highest BCUT2D eigenvalue weighted by Crippen LogP contribution is 2.35. The molecule has 2 aromatic heterocycles. The van der Waals surface area contributed by atoms with E-state index < -0.39 is 51.5 Å². The number of halogens is 5. The second-order valence-corrected chi connectivity index (χ2v) is 7.32. The quantitative estimate of drug-likeness (QED) is 0.292. The highest BCUT2D eigenvalue weighted by atomic mass is 19.4. The second-order valence-electron chi connectivity index (χ2n) is 7.32. The molecule has 180 valence electrons. The molecule has 35 heavy (non-hydrogen) atoms. The highest BCUT2D eigenvalue weighted by Gasteiger charge is 2.36. The van der Waals surface area contributed by atoms with Crippen molar-refractivity contribution in [1.29, 1.82) is 0 Å². The standard InChI is InChI=1S/C24H16F5N3O3/c1-2-35-23(34)18-11-17(24(27,28)29)21-19(33)12-20(30-15-7-3-5-13(25)9-15)32(22(21)31-18)16-8-4-6-14(26)10-16/h3-12,30H,2H2,1H3. The monoisotopic (exact) mass is 489 g/mol. The molecule has 2 aromatic carbocycles. The van der Waals surface area contributed by atoms with Crippen LogP contribution in [0.2, 0.25) is 0 Å². The molecule has 0 unspecified atom stereocenters. The van der Waals surface area contributed by atoms with Gasteiger partial charge >= 0.3 is 12.1 Å². The maximum Gasteiger partial charge on any atom is 0.417 e. The van der Waals surface area contributed by atoms with Crippen LogP contribution in [0.5, 0.6) is 0 Å². The molecule has 6 nitrogen and oxygen atoms in total. The number of hydrogen-bond donors (Lipinski definition) is 1. The van der Waals surface area contributed by atoms with E-state index >= 15 is 0 Å². The summed E-state index contributed by atoms with van der Waals surface area (Å²) < 4.78 is 75.6. The highest BCUT2D eigenvalue weighted by molar-refractivity contribution is 5.93. The van der Waals surface area contributed by atoms with Crippen molar-refractivity contribution in [1.82, 2.24) is 9.55 Å². The number of nitrogens with zero attached hydrogens (tertiary/aromatic N) is 2. The van der Waals surface area contributed by atoms with E-state index in [9.17, 15) is 31.5 Å². The number of pyridine rings is 2. The number of esters is 1. The van der Waals surface area contributed by atoms with Crippen LogP contribution in [0.3, 0.4) is 0 Å². The molecule has 0 amide bonds. The molecule has 2 heterocycles. The Hall–Kier alpha value is -4.28. The molecule has 4 aromatic rings. The first kappa shape index (κ1) is 23.9. The van der Waals surface area contributed by atoms with Gasteiger partial charge in [0.1, 0.15) is 17.5 Å². The molecule has 0 bridgehead atoms. The second kappa shape index (κ2) is 9.16. The Morgan fingerprint density at radius 2 is 1.71 bits per heavy atom. The van der Waals surface area contributed by atoms with Crippen molar-refractivity contribution in [3.8, 4) is 5.69 Å². The van der Waals surface area contributed by atoms with Crippen molar-refractivity contribution >= 4 is 28.5 Å². The number of anilines is 2. The van der Waals surface area contributed by atoms with Gasteiger partial charge < -0.3 is 10.1 Å². The van der Waals surface area contributed by atoms with E-state index in [1.807, 2.05) is 0 Å². The lowest BCUT2D eigenvalue weighted by molar-refractivity contribution is -0.136. The molecule has 11 heteroatoms. The van der Waals surface area contributed by atoms with Gasteiger partial charge in [0.25, 0.3) is 0 Å². The number of rotatable bonds is 5. The smallest absolute Gasteiger partial charge is 0.417 e. The molecule has 0 spiro atoms. The van der Waals surface area contributed by atoms with Gasteiger partial charge in [0.15, 0.2) is 16.8 Å². The van der Waals surface area contributed by atoms with Crippen LogP contribution in [0.25, 0.3) is 16.7 Å². The number of hydrogen-bond acceptors (Lipinski definition) is 5. The molecular weight excluding hydrogens is 473 g/mol. The maximum absolute atomic E-state index is 14.1. The van der Waals surface area contributed by atoms with Crippen LogP contribution in [0.1, 0.15) is 23.0 Å². The number of nitrogens with one attached hydrogen (secondary N) is 1. The molecular formula is C24H16F5N3O3. The van der Waals surface area contributed by atoms with Crippen molar-refractivity contribution in [2.75, 3.05) is 11.9 Å². The van der Waals surface area contributed by atoms with Gasteiger partial charge in [-0.05, 0) is 49.4 Å². The zero-order chi connectivity index (χ0) is 25.3. The zero-order valence-corrected chi connectivity index (χ0v) is 18.0. The Bertz CT molecular complexity index is 1500. The number of alkyl halides is 3. The lowest BCUT2D eigenvalue weighted by atomic mass is 10.1. The van der Waals surface area contributed by atoms with Gasteiger partial charge in [-0.2, -0.15) is 13.2 Å². The third-order valence-electron chi connectivity index (χ3n) is 4.92. The van der Waals surface area contributed by atoms with Crippen LogP contribution in [0, 0.1) is 11.6 Å². The maximum atomic E-state index is 14.1. The average molecular weight is 489 g/mol. The molecule has 0 aliphatic carbocycles. The topological polar surface area (TPSA) is 73.2 Å². The fourth-order valence-electron chi connectivity index (χ4n) is 3.53. The Balaban J connectivity index is 2.13. The van der Waals surface area contributed by atoms with Crippen LogP contribution in [0.15, 0.2) is 65.5 Å². The van der Waals surface area contributed by atoms with Crippen molar-refractivity contribution in [3.63, 3.8) is 0 Å². The van der Waals surface area contributed by atoms with E-state index in [4.69, 9.17) is 4.74 Å². The number of benzene rings is 2. The molecule has 0 saturated heterocycles. The molecule has 0 aliphatic heterocycles. The molecule has 0 atom stereocenters. The average Bonchev–Trinajstić information content (AvgIpc) is 2.78. The largest absolute Gasteiger partial charge is 0.461 e. The fraction of sp³-hybridized carbons (Fsp3) is 0.125. The first-order valence-electron chi connectivity index (χ1n) is 10.2. The summed E-state index contributed by atoms with van der Waals surface area (Å²) in [7, 11) is 0. The Labute approximate surface area is 194 Å². The van der Waals surface area contributed by atoms with Crippen molar-refractivity contribution in [2.24, 2.45) is 0 Å². The minimum Gasteiger partial charge on any atom is -0.461 e.